The summed E-state index contributed by atoms with van der Waals surface area (Å²) in [7, 11) is -1.53. The third-order valence-electron chi connectivity index (χ3n) is 5.44. The lowest BCUT2D eigenvalue weighted by atomic mass is 10.1. The fourth-order valence-electron chi connectivity index (χ4n) is 3.69. The number of alkyl halides is 3. The Morgan fingerprint density at radius 2 is 1.91 bits per heavy atom. The third kappa shape index (κ3) is 5.87. The molecule has 1 N–H and O–H groups in total. The maximum Gasteiger partial charge on any atom is 0.416 e. The highest BCUT2D eigenvalue weighted by molar-refractivity contribution is 7.82. The van der Waals surface area contributed by atoms with Crippen LogP contribution in [0.25, 0.3) is 0 Å². The molecular formula is C24H23F3N2O4S. The van der Waals surface area contributed by atoms with E-state index in [2.05, 4.69) is 5.32 Å². The molecule has 1 saturated heterocycles. The van der Waals surface area contributed by atoms with Gasteiger partial charge in [0.05, 0.1) is 11.8 Å². The maximum atomic E-state index is 12.8. The topological polar surface area (TPSA) is 71.8 Å². The molecule has 1 aliphatic rings. The minimum Gasteiger partial charge on any atom is -0.489 e. The second kappa shape index (κ2) is 10.4. The second-order valence-corrected chi connectivity index (χ2v) is 9.20. The number of carbonyl (C=O) groups excluding carboxylic acids is 1. The first-order valence-corrected chi connectivity index (χ1v) is 11.8. The van der Waals surface area contributed by atoms with Crippen molar-refractivity contribution >= 4 is 16.9 Å². The Kier molecular flexibility index (Phi) is 7.38. The zero-order chi connectivity index (χ0) is 24.1. The molecule has 6 nitrogen and oxygen atoms in total. The molecule has 1 aromatic heterocycles. The van der Waals surface area contributed by atoms with E-state index in [1.54, 1.807) is 34.6 Å². The second-order valence-electron chi connectivity index (χ2n) is 7.83. The fourth-order valence-corrected chi connectivity index (χ4v) is 4.98. The average Bonchev–Trinajstić information content (AvgIpc) is 3.53. The van der Waals surface area contributed by atoms with Crippen molar-refractivity contribution in [2.75, 3.05) is 6.54 Å². The summed E-state index contributed by atoms with van der Waals surface area (Å²) in [5.41, 5.74) is 0.704. The fraction of sp³-hybridized carbons (Fsp3) is 0.292. The van der Waals surface area contributed by atoms with Gasteiger partial charge in [-0.25, -0.2) is 8.51 Å². The minimum atomic E-state index is -4.37. The average molecular weight is 493 g/mol. The van der Waals surface area contributed by atoms with Crippen LogP contribution < -0.4 is 10.1 Å². The molecule has 0 saturated carbocycles. The molecule has 0 radical (unpaired) electrons. The van der Waals surface area contributed by atoms with Crippen molar-refractivity contribution < 1.29 is 31.3 Å². The zero-order valence-corrected chi connectivity index (χ0v) is 18.9. The van der Waals surface area contributed by atoms with Gasteiger partial charge in [0.2, 0.25) is 11.0 Å². The van der Waals surface area contributed by atoms with E-state index in [4.69, 9.17) is 9.15 Å². The molecule has 180 valence electrons. The zero-order valence-electron chi connectivity index (χ0n) is 18.1. The molecule has 2 atom stereocenters. The Morgan fingerprint density at radius 3 is 2.62 bits per heavy atom. The lowest BCUT2D eigenvalue weighted by Gasteiger charge is -2.21. The smallest absolute Gasteiger partial charge is 0.416 e. The van der Waals surface area contributed by atoms with Gasteiger partial charge >= 0.3 is 6.18 Å². The molecule has 1 amide bonds. The van der Waals surface area contributed by atoms with Gasteiger partial charge in [0.1, 0.15) is 18.4 Å². The van der Waals surface area contributed by atoms with Crippen LogP contribution in [0.4, 0.5) is 13.2 Å². The van der Waals surface area contributed by atoms with Crippen molar-refractivity contribution in [3.05, 3.63) is 83.6 Å². The van der Waals surface area contributed by atoms with Crippen LogP contribution in [0.2, 0.25) is 0 Å². The van der Waals surface area contributed by atoms with Crippen molar-refractivity contribution in [1.82, 2.24) is 9.62 Å². The Labute approximate surface area is 197 Å². The number of hydrogen-bond acceptors (Lipinski definition) is 4. The Bertz CT molecular complexity index is 1130. The molecular weight excluding hydrogens is 469 g/mol. The van der Waals surface area contributed by atoms with Gasteiger partial charge in [0.15, 0.2) is 11.0 Å². The standard InChI is InChI=1S/C24H23F3N2O4S/c25-24(26,27)19-10-8-17(9-11-19)16-33-20-5-1-4-18(14-20)15-28-23(30)21-6-2-12-29(21)34(31)22-7-3-13-32-22/h1,3-5,7-11,13-14,21H,2,6,12,15-16H2,(H,28,30)/t21-,34?/m0/s1. The molecule has 3 aromatic rings. The Balaban J connectivity index is 1.31. The van der Waals surface area contributed by atoms with Crippen molar-refractivity contribution in [2.24, 2.45) is 0 Å². The number of nitrogens with one attached hydrogen (secondary N) is 1. The predicted molar refractivity (Wildman–Crippen MR) is 119 cm³/mol. The van der Waals surface area contributed by atoms with Gasteiger partial charge in [0.25, 0.3) is 0 Å². The number of benzene rings is 2. The molecule has 4 rings (SSSR count). The minimum absolute atomic E-state index is 0.115. The van der Waals surface area contributed by atoms with Crippen LogP contribution in [-0.4, -0.2) is 27.0 Å². The van der Waals surface area contributed by atoms with Crippen LogP contribution in [0.1, 0.15) is 29.5 Å². The molecule has 0 spiro atoms. The molecule has 2 heterocycles. The Morgan fingerprint density at radius 1 is 1.12 bits per heavy atom. The first-order chi connectivity index (χ1) is 16.3. The van der Waals surface area contributed by atoms with Crippen molar-refractivity contribution in [2.45, 2.75) is 43.3 Å². The monoisotopic (exact) mass is 492 g/mol. The van der Waals surface area contributed by atoms with Gasteiger partial charge in [0, 0.05) is 13.1 Å². The number of amides is 1. The lowest BCUT2D eigenvalue weighted by Crippen LogP contribution is -2.43. The Hall–Kier alpha value is -3.11. The number of ether oxygens (including phenoxy) is 1. The van der Waals surface area contributed by atoms with Gasteiger partial charge in [-0.15, -0.1) is 0 Å². The van der Waals surface area contributed by atoms with Gasteiger partial charge in [-0.1, -0.05) is 24.3 Å². The van der Waals surface area contributed by atoms with E-state index in [-0.39, 0.29) is 19.1 Å². The third-order valence-corrected chi connectivity index (χ3v) is 6.88. The van der Waals surface area contributed by atoms with Gasteiger partial charge in [-0.2, -0.15) is 13.2 Å². The molecule has 1 aliphatic heterocycles. The number of halogens is 3. The first-order valence-electron chi connectivity index (χ1n) is 10.7. The number of carbonyl (C=O) groups is 1. The molecule has 10 heteroatoms. The van der Waals surface area contributed by atoms with E-state index < -0.39 is 28.8 Å². The highest BCUT2D eigenvalue weighted by Gasteiger charge is 2.35. The lowest BCUT2D eigenvalue weighted by molar-refractivity contribution is -0.137. The summed E-state index contributed by atoms with van der Waals surface area (Å²) in [6, 6.07) is 14.7. The van der Waals surface area contributed by atoms with Crippen LogP contribution in [0.15, 0.2) is 76.4 Å². The molecule has 2 aromatic carbocycles. The van der Waals surface area contributed by atoms with Crippen molar-refractivity contribution in [3.63, 3.8) is 0 Å². The summed E-state index contributed by atoms with van der Waals surface area (Å²) < 4.78 is 63.3. The summed E-state index contributed by atoms with van der Waals surface area (Å²) in [6.45, 7) is 0.913. The van der Waals surface area contributed by atoms with Crippen molar-refractivity contribution in [1.29, 1.82) is 0 Å². The highest BCUT2D eigenvalue weighted by Crippen LogP contribution is 2.29. The summed E-state index contributed by atoms with van der Waals surface area (Å²) in [5, 5.41) is 3.20. The highest BCUT2D eigenvalue weighted by atomic mass is 32.2. The summed E-state index contributed by atoms with van der Waals surface area (Å²) in [4.78, 5) is 12.8. The molecule has 34 heavy (non-hydrogen) atoms. The van der Waals surface area contributed by atoms with E-state index >= 15 is 0 Å². The first kappa shape index (κ1) is 24.0. The molecule has 1 fully saturated rings. The van der Waals surface area contributed by atoms with Gasteiger partial charge in [-0.3, -0.25) is 4.79 Å². The van der Waals surface area contributed by atoms with Crippen molar-refractivity contribution in [3.8, 4) is 5.75 Å². The summed E-state index contributed by atoms with van der Waals surface area (Å²) >= 11 is 0. The SMILES string of the molecule is O=C(NCc1cccc(OCc2ccc(C(F)(F)F)cc2)c1)[C@@H]1CCCN1S(=O)c1ccco1. The van der Waals surface area contributed by atoms with Gasteiger partial charge < -0.3 is 14.5 Å². The molecule has 0 bridgehead atoms. The van der Waals surface area contributed by atoms with Crippen LogP contribution in [-0.2, 0) is 35.1 Å². The van der Waals surface area contributed by atoms with Crippen LogP contribution in [0, 0.1) is 0 Å². The quantitative estimate of drug-likeness (QED) is 0.496. The van der Waals surface area contributed by atoms with Crippen LogP contribution >= 0.6 is 0 Å². The van der Waals surface area contributed by atoms with Crippen LogP contribution in [0.3, 0.4) is 0 Å². The largest absolute Gasteiger partial charge is 0.489 e. The normalized spacial score (nSPS) is 17.4. The summed E-state index contributed by atoms with van der Waals surface area (Å²) in [5.74, 6) is 0.321. The number of rotatable bonds is 8. The van der Waals surface area contributed by atoms with Gasteiger partial charge in [-0.05, 0) is 60.4 Å². The predicted octanol–water partition coefficient (Wildman–Crippen LogP) is 4.68. The van der Waals surface area contributed by atoms with E-state index in [1.807, 2.05) is 6.07 Å². The number of nitrogens with zero attached hydrogens (tertiary/aromatic N) is 1. The molecule has 1 unspecified atom stereocenters. The maximum absolute atomic E-state index is 12.8. The number of furan rings is 1. The van der Waals surface area contributed by atoms with E-state index in [0.29, 0.717) is 29.4 Å². The van der Waals surface area contributed by atoms with E-state index in [1.165, 1.54) is 18.4 Å². The number of hydrogen-bond donors (Lipinski definition) is 1. The summed E-state index contributed by atoms with van der Waals surface area (Å²) in [6.07, 6.45) is -1.56. The van der Waals surface area contributed by atoms with Crippen LogP contribution in [0.5, 0.6) is 5.75 Å². The van der Waals surface area contributed by atoms with E-state index in [9.17, 15) is 22.2 Å². The van der Waals surface area contributed by atoms with E-state index in [0.717, 1.165) is 24.1 Å². The molecule has 0 aliphatic carbocycles.